The third-order valence-electron chi connectivity index (χ3n) is 3.16. The molecule has 0 saturated heterocycles. The molecule has 1 unspecified atom stereocenters. The fourth-order valence-electron chi connectivity index (χ4n) is 1.74. The van der Waals surface area contributed by atoms with Gasteiger partial charge in [0.05, 0.1) is 0 Å². The number of aryl methyl sites for hydroxylation is 1. The molecule has 1 amide bonds. The highest BCUT2D eigenvalue weighted by atomic mass is 127. The molecule has 5 nitrogen and oxygen atoms in total. The maximum atomic E-state index is 11.7. The van der Waals surface area contributed by atoms with Crippen molar-refractivity contribution >= 4 is 28.5 Å². The molecule has 0 spiro atoms. The smallest absolute Gasteiger partial charge is 0.227 e. The zero-order valence-corrected chi connectivity index (χ0v) is 14.3. The summed E-state index contributed by atoms with van der Waals surface area (Å²) in [7, 11) is 0. The summed E-state index contributed by atoms with van der Waals surface area (Å²) in [6.07, 6.45) is 1.74. The van der Waals surface area contributed by atoms with E-state index in [-0.39, 0.29) is 11.9 Å². The third kappa shape index (κ3) is 4.80. The van der Waals surface area contributed by atoms with Crippen molar-refractivity contribution in [3.05, 3.63) is 33.7 Å². The molecule has 1 heterocycles. The number of carbonyl (C=O) groups is 1. The predicted octanol–water partition coefficient (Wildman–Crippen LogP) is 3.19. The molecule has 0 radical (unpaired) electrons. The van der Waals surface area contributed by atoms with Crippen molar-refractivity contribution in [2.45, 2.75) is 39.2 Å². The topological polar surface area (TPSA) is 68.0 Å². The van der Waals surface area contributed by atoms with E-state index in [1.165, 1.54) is 0 Å². The Kier molecular flexibility index (Phi) is 5.72. The molecule has 0 fully saturated rings. The summed E-state index contributed by atoms with van der Waals surface area (Å²) in [5.74, 6) is 1.06. The molecule has 1 N–H and O–H groups in total. The van der Waals surface area contributed by atoms with Crippen LogP contribution in [0.1, 0.15) is 32.6 Å². The highest BCUT2D eigenvalue weighted by Crippen LogP contribution is 2.17. The average Bonchev–Trinajstić information content (AvgIpc) is 2.94. The van der Waals surface area contributed by atoms with E-state index in [0.717, 1.165) is 15.6 Å². The molecule has 1 aromatic carbocycles. The molecule has 0 aliphatic rings. The van der Waals surface area contributed by atoms with E-state index in [1.807, 2.05) is 38.1 Å². The summed E-state index contributed by atoms with van der Waals surface area (Å²) in [4.78, 5) is 16.0. The number of benzene rings is 1. The summed E-state index contributed by atoms with van der Waals surface area (Å²) in [5.41, 5.74) is 0.912. The average molecular weight is 399 g/mol. The van der Waals surface area contributed by atoms with Gasteiger partial charge in [0, 0.05) is 28.0 Å². The number of nitrogens with one attached hydrogen (secondary N) is 1. The van der Waals surface area contributed by atoms with Gasteiger partial charge >= 0.3 is 0 Å². The van der Waals surface area contributed by atoms with E-state index in [9.17, 15) is 4.79 Å². The summed E-state index contributed by atoms with van der Waals surface area (Å²) in [6.45, 7) is 4.02. The van der Waals surface area contributed by atoms with Crippen molar-refractivity contribution in [2.24, 2.45) is 0 Å². The summed E-state index contributed by atoms with van der Waals surface area (Å²) in [5, 5.41) is 6.87. The Labute approximate surface area is 137 Å². The van der Waals surface area contributed by atoms with Crippen LogP contribution in [-0.4, -0.2) is 22.1 Å². The second-order valence-corrected chi connectivity index (χ2v) is 6.14. The van der Waals surface area contributed by atoms with Crippen LogP contribution < -0.4 is 5.32 Å². The number of aromatic nitrogens is 2. The van der Waals surface area contributed by atoms with Gasteiger partial charge in [0.2, 0.25) is 17.6 Å². The monoisotopic (exact) mass is 399 g/mol. The number of rotatable bonds is 6. The van der Waals surface area contributed by atoms with Gasteiger partial charge in [-0.1, -0.05) is 24.2 Å². The Morgan fingerprint density at radius 3 is 2.76 bits per heavy atom. The molecule has 1 atom stereocenters. The first-order valence-electron chi connectivity index (χ1n) is 6.96. The normalized spacial score (nSPS) is 12.1. The summed E-state index contributed by atoms with van der Waals surface area (Å²) in [6, 6.07) is 8.08. The maximum absolute atomic E-state index is 11.7. The number of halogens is 1. The van der Waals surface area contributed by atoms with E-state index in [1.54, 1.807) is 0 Å². The van der Waals surface area contributed by atoms with Gasteiger partial charge in [0.25, 0.3) is 0 Å². The molecule has 0 bridgehead atoms. The quantitative estimate of drug-likeness (QED) is 0.758. The standard InChI is InChI=1S/C15H18IN3O2/c1-3-10(2)17-13(20)8-9-14-18-15(19-21-14)11-4-6-12(16)7-5-11/h4-7,10H,3,8-9H2,1-2H3,(H,17,20). The first-order valence-corrected chi connectivity index (χ1v) is 8.04. The van der Waals surface area contributed by atoms with E-state index < -0.39 is 0 Å². The van der Waals surface area contributed by atoms with Crippen LogP contribution >= 0.6 is 22.6 Å². The van der Waals surface area contributed by atoms with Crippen molar-refractivity contribution in [1.82, 2.24) is 15.5 Å². The zero-order valence-electron chi connectivity index (χ0n) is 12.1. The van der Waals surface area contributed by atoms with Crippen LogP contribution in [0.4, 0.5) is 0 Å². The van der Waals surface area contributed by atoms with Gasteiger partial charge in [-0.2, -0.15) is 4.98 Å². The minimum Gasteiger partial charge on any atom is -0.354 e. The second-order valence-electron chi connectivity index (χ2n) is 4.90. The molecule has 6 heteroatoms. The van der Waals surface area contributed by atoms with Gasteiger partial charge in [-0.3, -0.25) is 4.79 Å². The van der Waals surface area contributed by atoms with Crippen LogP contribution in [-0.2, 0) is 11.2 Å². The van der Waals surface area contributed by atoms with Gasteiger partial charge in [-0.25, -0.2) is 0 Å². The van der Waals surface area contributed by atoms with E-state index in [4.69, 9.17) is 4.52 Å². The van der Waals surface area contributed by atoms with Crippen molar-refractivity contribution < 1.29 is 9.32 Å². The maximum Gasteiger partial charge on any atom is 0.227 e. The first kappa shape index (κ1) is 15.9. The van der Waals surface area contributed by atoms with Crippen LogP contribution in [0, 0.1) is 3.57 Å². The van der Waals surface area contributed by atoms with Crippen molar-refractivity contribution in [3.63, 3.8) is 0 Å². The number of hydrogen-bond donors (Lipinski definition) is 1. The zero-order chi connectivity index (χ0) is 15.2. The number of nitrogens with zero attached hydrogens (tertiary/aromatic N) is 2. The Morgan fingerprint density at radius 1 is 1.38 bits per heavy atom. The summed E-state index contributed by atoms with van der Waals surface area (Å²) < 4.78 is 6.34. The van der Waals surface area contributed by atoms with Crippen molar-refractivity contribution in [3.8, 4) is 11.4 Å². The lowest BCUT2D eigenvalue weighted by molar-refractivity contribution is -0.121. The lowest BCUT2D eigenvalue weighted by atomic mass is 10.2. The van der Waals surface area contributed by atoms with Crippen LogP contribution in [0.2, 0.25) is 0 Å². The van der Waals surface area contributed by atoms with Gasteiger partial charge in [-0.05, 0) is 48.1 Å². The molecule has 2 rings (SSSR count). The molecule has 21 heavy (non-hydrogen) atoms. The van der Waals surface area contributed by atoms with E-state index in [2.05, 4.69) is 38.0 Å². The van der Waals surface area contributed by atoms with Crippen LogP contribution in [0.5, 0.6) is 0 Å². The lowest BCUT2D eigenvalue weighted by Crippen LogP contribution is -2.32. The van der Waals surface area contributed by atoms with E-state index in [0.29, 0.717) is 24.6 Å². The molecule has 0 saturated carbocycles. The van der Waals surface area contributed by atoms with Crippen LogP contribution in [0.3, 0.4) is 0 Å². The van der Waals surface area contributed by atoms with Crippen molar-refractivity contribution in [2.75, 3.05) is 0 Å². The van der Waals surface area contributed by atoms with Gasteiger partial charge < -0.3 is 9.84 Å². The van der Waals surface area contributed by atoms with Gasteiger partial charge in [0.1, 0.15) is 0 Å². The molecular weight excluding hydrogens is 381 g/mol. The Morgan fingerprint density at radius 2 is 2.10 bits per heavy atom. The minimum atomic E-state index is 0.0124. The largest absolute Gasteiger partial charge is 0.354 e. The number of hydrogen-bond acceptors (Lipinski definition) is 4. The Balaban J connectivity index is 1.91. The first-order chi connectivity index (χ1) is 10.1. The Hall–Kier alpha value is -1.44. The second kappa shape index (κ2) is 7.53. The number of amides is 1. The molecule has 2 aromatic rings. The highest BCUT2D eigenvalue weighted by Gasteiger charge is 2.11. The molecule has 112 valence electrons. The lowest BCUT2D eigenvalue weighted by Gasteiger charge is -2.10. The number of carbonyl (C=O) groups excluding carboxylic acids is 1. The van der Waals surface area contributed by atoms with Gasteiger partial charge in [0.15, 0.2) is 0 Å². The molecular formula is C15H18IN3O2. The fraction of sp³-hybridized carbons (Fsp3) is 0.400. The van der Waals surface area contributed by atoms with Crippen LogP contribution in [0.15, 0.2) is 28.8 Å². The Bertz CT molecular complexity index is 595. The minimum absolute atomic E-state index is 0.0124. The predicted molar refractivity (Wildman–Crippen MR) is 88.7 cm³/mol. The molecule has 1 aromatic heterocycles. The van der Waals surface area contributed by atoms with Crippen molar-refractivity contribution in [1.29, 1.82) is 0 Å². The highest BCUT2D eigenvalue weighted by molar-refractivity contribution is 14.1. The van der Waals surface area contributed by atoms with Gasteiger partial charge in [-0.15, -0.1) is 0 Å². The van der Waals surface area contributed by atoms with Crippen LogP contribution in [0.25, 0.3) is 11.4 Å². The summed E-state index contributed by atoms with van der Waals surface area (Å²) >= 11 is 2.25. The molecule has 0 aliphatic heterocycles. The SMILES string of the molecule is CCC(C)NC(=O)CCc1nc(-c2ccc(I)cc2)no1. The van der Waals surface area contributed by atoms with E-state index >= 15 is 0 Å². The molecule has 0 aliphatic carbocycles. The third-order valence-corrected chi connectivity index (χ3v) is 3.88. The fourth-order valence-corrected chi connectivity index (χ4v) is 2.10.